The van der Waals surface area contributed by atoms with Crippen molar-refractivity contribution in [1.82, 2.24) is 19.9 Å². The van der Waals surface area contributed by atoms with Crippen LogP contribution in [0.15, 0.2) is 153 Å². The summed E-state index contributed by atoms with van der Waals surface area (Å²) in [6.45, 7) is 7.94. The van der Waals surface area contributed by atoms with E-state index in [1.165, 1.54) is 11.1 Å². The monoisotopic (exact) mass is 642 g/mol. The van der Waals surface area contributed by atoms with Crippen LogP contribution in [0, 0.1) is 0 Å². The first kappa shape index (κ1) is 30.8. The lowest BCUT2D eigenvalue weighted by atomic mass is 9.91. The Balaban J connectivity index is 1.30. The van der Waals surface area contributed by atoms with E-state index >= 15 is 0 Å². The maximum Gasteiger partial charge on any atom is 0.164 e. The third-order valence-corrected chi connectivity index (χ3v) is 9.19. The van der Waals surface area contributed by atoms with Crippen molar-refractivity contribution in [3.8, 4) is 67.7 Å². The van der Waals surface area contributed by atoms with Crippen molar-refractivity contribution in [1.29, 1.82) is 0 Å². The van der Waals surface area contributed by atoms with E-state index in [0.29, 0.717) is 17.5 Å². The van der Waals surface area contributed by atoms with Gasteiger partial charge >= 0.3 is 0 Å². The van der Waals surface area contributed by atoms with Crippen LogP contribution in [0.25, 0.3) is 85.9 Å². The average Bonchev–Trinajstić information content (AvgIpc) is 3.20. The molecule has 4 heteroatoms. The largest absolute Gasteiger partial charge is 0.256 e. The summed E-state index contributed by atoms with van der Waals surface area (Å²) in [5.41, 5.74) is 13.8. The van der Waals surface area contributed by atoms with Crippen LogP contribution in [-0.2, 0) is 6.42 Å². The highest BCUT2D eigenvalue weighted by Crippen LogP contribution is 2.36. The van der Waals surface area contributed by atoms with E-state index < -0.39 is 0 Å². The Morgan fingerprint density at radius 1 is 0.480 bits per heavy atom. The van der Waals surface area contributed by atoms with Crippen molar-refractivity contribution >= 4 is 18.2 Å². The standard InChI is InChI=1S/C46H34N4/c1-3-31-19-24-38(27-32(31)4-2)33-20-22-34(23-21-33)39-28-40(43-42-18-12-11-13-35(42)25-26-47-43)30-41(29-39)46-49-44(36-14-7-5-8-15-36)48-45(50-46)37-16-9-6-10-17-37/h3-10,12,14-30H,1-2,11,13H2. The topological polar surface area (TPSA) is 51.6 Å². The first-order valence-corrected chi connectivity index (χ1v) is 16.8. The van der Waals surface area contributed by atoms with Crippen LogP contribution in [0.3, 0.4) is 0 Å². The van der Waals surface area contributed by atoms with Crippen LogP contribution in [0.2, 0.25) is 0 Å². The molecule has 2 aromatic heterocycles. The molecular weight excluding hydrogens is 609 g/mol. The SMILES string of the molecule is C=Cc1ccc(-c2ccc(-c3cc(-c4nc(-c5ccccc5)nc(-c5ccccc5)n4)cc(-c4nccc5c4C=CCC5)c3)cc2)cc1C=C. The normalized spacial score (nSPS) is 11.9. The van der Waals surface area contributed by atoms with Gasteiger partial charge in [0.15, 0.2) is 17.5 Å². The summed E-state index contributed by atoms with van der Waals surface area (Å²) in [4.78, 5) is 20.0. The van der Waals surface area contributed by atoms with Gasteiger partial charge in [0, 0.05) is 34.0 Å². The highest BCUT2D eigenvalue weighted by Gasteiger charge is 2.18. The highest BCUT2D eigenvalue weighted by molar-refractivity contribution is 5.84. The summed E-state index contributed by atoms with van der Waals surface area (Å²) in [7, 11) is 0. The first-order chi connectivity index (χ1) is 24.7. The number of hydrogen-bond acceptors (Lipinski definition) is 4. The summed E-state index contributed by atoms with van der Waals surface area (Å²) >= 11 is 0. The van der Waals surface area contributed by atoms with Crippen molar-refractivity contribution in [2.24, 2.45) is 0 Å². The molecule has 0 atom stereocenters. The number of benzene rings is 5. The van der Waals surface area contributed by atoms with Gasteiger partial charge in [-0.1, -0.05) is 135 Å². The van der Waals surface area contributed by atoms with Crippen molar-refractivity contribution in [3.63, 3.8) is 0 Å². The van der Waals surface area contributed by atoms with E-state index in [0.717, 1.165) is 74.2 Å². The summed E-state index contributed by atoms with van der Waals surface area (Å²) in [5.74, 6) is 1.87. The molecule has 0 aliphatic heterocycles. The second-order valence-corrected chi connectivity index (χ2v) is 12.3. The van der Waals surface area contributed by atoms with Crippen LogP contribution >= 0.6 is 0 Å². The number of aromatic nitrogens is 4. The summed E-state index contributed by atoms with van der Waals surface area (Å²) in [5, 5.41) is 0. The molecule has 2 heterocycles. The quantitative estimate of drug-likeness (QED) is 0.165. The smallest absolute Gasteiger partial charge is 0.164 e. The molecule has 4 nitrogen and oxygen atoms in total. The zero-order valence-corrected chi connectivity index (χ0v) is 27.6. The fourth-order valence-corrected chi connectivity index (χ4v) is 6.56. The predicted molar refractivity (Wildman–Crippen MR) is 208 cm³/mol. The van der Waals surface area contributed by atoms with Gasteiger partial charge in [0.2, 0.25) is 0 Å². The van der Waals surface area contributed by atoms with E-state index in [1.54, 1.807) is 0 Å². The van der Waals surface area contributed by atoms with E-state index in [-0.39, 0.29) is 0 Å². The molecule has 0 fully saturated rings. The Hall–Kier alpha value is -6.52. The number of aryl methyl sites for hydroxylation is 1. The molecule has 0 radical (unpaired) electrons. The van der Waals surface area contributed by atoms with Crippen LogP contribution in [-0.4, -0.2) is 19.9 Å². The van der Waals surface area contributed by atoms with E-state index in [9.17, 15) is 0 Å². The van der Waals surface area contributed by atoms with Gasteiger partial charge in [0.1, 0.15) is 0 Å². The first-order valence-electron chi connectivity index (χ1n) is 16.8. The predicted octanol–water partition coefficient (Wildman–Crippen LogP) is 11.5. The zero-order valence-electron chi connectivity index (χ0n) is 27.6. The Morgan fingerprint density at radius 2 is 1.04 bits per heavy atom. The Bertz CT molecular complexity index is 2330. The number of allylic oxidation sites excluding steroid dienone is 1. The fraction of sp³-hybridized carbons (Fsp3) is 0.0435. The highest BCUT2D eigenvalue weighted by atomic mass is 15.0. The summed E-state index contributed by atoms with van der Waals surface area (Å²) in [6.07, 6.45) is 12.1. The van der Waals surface area contributed by atoms with Crippen LogP contribution < -0.4 is 0 Å². The third kappa shape index (κ3) is 6.11. The molecule has 0 unspecified atom stereocenters. The maximum absolute atomic E-state index is 5.07. The molecule has 7 aromatic rings. The molecule has 8 rings (SSSR count). The van der Waals surface area contributed by atoms with Gasteiger partial charge in [-0.3, -0.25) is 4.98 Å². The Labute approximate surface area is 292 Å². The lowest BCUT2D eigenvalue weighted by Crippen LogP contribution is -2.01. The van der Waals surface area contributed by atoms with Gasteiger partial charge < -0.3 is 0 Å². The fourth-order valence-electron chi connectivity index (χ4n) is 6.56. The van der Waals surface area contributed by atoms with E-state index in [1.807, 2.05) is 79.0 Å². The van der Waals surface area contributed by atoms with Gasteiger partial charge in [0.25, 0.3) is 0 Å². The molecule has 1 aliphatic carbocycles. The van der Waals surface area contributed by atoms with Gasteiger partial charge in [-0.25, -0.2) is 15.0 Å². The number of nitrogens with zero attached hydrogens (tertiary/aromatic N) is 4. The average molecular weight is 643 g/mol. The molecule has 0 bridgehead atoms. The molecule has 0 saturated heterocycles. The lowest BCUT2D eigenvalue weighted by molar-refractivity contribution is 0.978. The molecule has 238 valence electrons. The van der Waals surface area contributed by atoms with Gasteiger partial charge in [-0.2, -0.15) is 0 Å². The van der Waals surface area contributed by atoms with Crippen molar-refractivity contribution < 1.29 is 0 Å². The molecule has 5 aromatic carbocycles. The number of hydrogen-bond donors (Lipinski definition) is 0. The van der Waals surface area contributed by atoms with Crippen molar-refractivity contribution in [2.45, 2.75) is 12.8 Å². The Morgan fingerprint density at radius 3 is 1.68 bits per heavy atom. The number of rotatable bonds is 8. The lowest BCUT2D eigenvalue weighted by Gasteiger charge is -2.16. The summed E-state index contributed by atoms with van der Waals surface area (Å²) < 4.78 is 0. The van der Waals surface area contributed by atoms with Crippen LogP contribution in [0.4, 0.5) is 0 Å². The molecule has 0 spiro atoms. The van der Waals surface area contributed by atoms with E-state index in [2.05, 4.69) is 92.0 Å². The summed E-state index contributed by atoms with van der Waals surface area (Å²) in [6, 6.07) is 44.0. The minimum atomic E-state index is 0.608. The second-order valence-electron chi connectivity index (χ2n) is 12.3. The second kappa shape index (κ2) is 13.5. The molecule has 50 heavy (non-hydrogen) atoms. The molecular formula is C46H34N4. The van der Waals surface area contributed by atoms with Crippen LogP contribution in [0.1, 0.15) is 28.7 Å². The van der Waals surface area contributed by atoms with Crippen LogP contribution in [0.5, 0.6) is 0 Å². The molecule has 0 amide bonds. The van der Waals surface area contributed by atoms with Crippen molar-refractivity contribution in [3.05, 3.63) is 175 Å². The minimum absolute atomic E-state index is 0.608. The minimum Gasteiger partial charge on any atom is -0.256 e. The van der Waals surface area contributed by atoms with Gasteiger partial charge in [0.05, 0.1) is 5.69 Å². The van der Waals surface area contributed by atoms with E-state index in [4.69, 9.17) is 19.9 Å². The molecule has 1 aliphatic rings. The molecule has 0 N–H and O–H groups in total. The maximum atomic E-state index is 5.07. The molecule has 0 saturated carbocycles. The number of pyridine rings is 1. The number of fused-ring (bicyclic) bond motifs is 1. The van der Waals surface area contributed by atoms with Crippen molar-refractivity contribution in [2.75, 3.05) is 0 Å². The van der Waals surface area contributed by atoms with Gasteiger partial charge in [-0.05, 0) is 82.1 Å². The Kier molecular flexibility index (Phi) is 8.34. The third-order valence-electron chi connectivity index (χ3n) is 9.19. The zero-order chi connectivity index (χ0) is 33.9. The van der Waals surface area contributed by atoms with Gasteiger partial charge in [-0.15, -0.1) is 0 Å².